The molecule has 1 aliphatic heterocycles. The highest BCUT2D eigenvalue weighted by Gasteiger charge is 2.23. The van der Waals surface area contributed by atoms with Crippen LogP contribution in [0.4, 0.5) is 0 Å². The van der Waals surface area contributed by atoms with Gasteiger partial charge in [-0.25, -0.2) is 13.4 Å². The van der Waals surface area contributed by atoms with E-state index < -0.39 is 10.0 Å². The Labute approximate surface area is 120 Å². The fraction of sp³-hybridized carbons (Fsp3) is 0.615. The zero-order chi connectivity index (χ0) is 14.6. The lowest BCUT2D eigenvalue weighted by atomic mass is 10.3. The zero-order valence-corrected chi connectivity index (χ0v) is 12.5. The minimum Gasteiger partial charge on any atom is -0.392 e. The molecule has 0 amide bonds. The van der Waals surface area contributed by atoms with Gasteiger partial charge in [-0.05, 0) is 37.6 Å². The Bertz CT molecular complexity index is 524. The van der Waals surface area contributed by atoms with Crippen LogP contribution in [0.5, 0.6) is 0 Å². The van der Waals surface area contributed by atoms with Gasteiger partial charge in [-0.3, -0.25) is 0 Å². The second-order valence-corrected chi connectivity index (χ2v) is 7.03. The van der Waals surface area contributed by atoms with Gasteiger partial charge in [0, 0.05) is 26.3 Å². The number of hydrogen-bond acceptors (Lipinski definition) is 5. The first-order valence-corrected chi connectivity index (χ1v) is 8.22. The highest BCUT2D eigenvalue weighted by Crippen LogP contribution is 2.13. The van der Waals surface area contributed by atoms with Crippen molar-refractivity contribution in [2.24, 2.45) is 0 Å². The van der Waals surface area contributed by atoms with Crippen LogP contribution in [0, 0.1) is 0 Å². The van der Waals surface area contributed by atoms with Gasteiger partial charge in [-0.15, -0.1) is 0 Å². The predicted octanol–water partition coefficient (Wildman–Crippen LogP) is 0.290. The molecule has 2 heterocycles. The fourth-order valence-electron chi connectivity index (χ4n) is 2.23. The summed E-state index contributed by atoms with van der Waals surface area (Å²) in [5.41, 5.74) is 0.601. The molecule has 0 aliphatic carbocycles. The van der Waals surface area contributed by atoms with Gasteiger partial charge in [-0.2, -0.15) is 4.31 Å². The largest absolute Gasteiger partial charge is 0.392 e. The van der Waals surface area contributed by atoms with E-state index in [0.717, 1.165) is 19.6 Å². The Morgan fingerprint density at radius 2 is 2.05 bits per heavy atom. The van der Waals surface area contributed by atoms with Crippen molar-refractivity contribution >= 4 is 10.0 Å². The smallest absolute Gasteiger partial charge is 0.260 e. The molecule has 20 heavy (non-hydrogen) atoms. The lowest BCUT2D eigenvalue weighted by Gasteiger charge is -2.20. The number of aliphatic hydroxyl groups excluding tert-OH is 1. The van der Waals surface area contributed by atoms with Gasteiger partial charge in [0.05, 0.1) is 6.61 Å². The first kappa shape index (κ1) is 15.4. The van der Waals surface area contributed by atoms with Gasteiger partial charge < -0.3 is 10.0 Å². The first-order valence-electron chi connectivity index (χ1n) is 6.78. The molecular weight excluding hydrogens is 278 g/mol. The number of pyridine rings is 1. The second-order valence-electron chi connectivity index (χ2n) is 5.04. The Hall–Kier alpha value is -1.02. The van der Waals surface area contributed by atoms with Crippen LogP contribution in [-0.2, 0) is 16.6 Å². The summed E-state index contributed by atoms with van der Waals surface area (Å²) in [5, 5.41) is 8.97. The van der Waals surface area contributed by atoms with Crippen molar-refractivity contribution in [1.29, 1.82) is 0 Å². The standard InChI is InChI=1S/C13H21N3O3S/c1-15(8-9-16-6-2-3-7-16)20(18,19)13-5-4-12(11-17)10-14-13/h4-5,10,17H,2-3,6-9,11H2,1H3. The lowest BCUT2D eigenvalue weighted by Crippen LogP contribution is -2.35. The molecule has 112 valence electrons. The molecule has 0 atom stereocenters. The third-order valence-corrected chi connectivity index (χ3v) is 5.36. The fourth-order valence-corrected chi connectivity index (χ4v) is 3.29. The van der Waals surface area contributed by atoms with Crippen molar-refractivity contribution in [3.05, 3.63) is 23.9 Å². The average molecular weight is 299 g/mol. The first-order chi connectivity index (χ1) is 9.54. The summed E-state index contributed by atoms with van der Waals surface area (Å²) < 4.78 is 26.0. The summed E-state index contributed by atoms with van der Waals surface area (Å²) in [6.07, 6.45) is 3.78. The molecule has 0 unspecified atom stereocenters. The van der Waals surface area contributed by atoms with Crippen LogP contribution in [0.25, 0.3) is 0 Å². The van der Waals surface area contributed by atoms with E-state index in [4.69, 9.17) is 5.11 Å². The maximum Gasteiger partial charge on any atom is 0.260 e. The zero-order valence-electron chi connectivity index (χ0n) is 11.7. The van der Waals surface area contributed by atoms with E-state index in [1.54, 1.807) is 13.1 Å². The van der Waals surface area contributed by atoms with Crippen LogP contribution in [0.2, 0.25) is 0 Å². The van der Waals surface area contributed by atoms with E-state index in [1.807, 2.05) is 0 Å². The molecule has 0 bridgehead atoms. The van der Waals surface area contributed by atoms with Crippen molar-refractivity contribution in [3.8, 4) is 0 Å². The SMILES string of the molecule is CN(CCN1CCCC1)S(=O)(=O)c1ccc(CO)cn1. The molecule has 1 aliphatic rings. The number of aromatic nitrogens is 1. The minimum absolute atomic E-state index is 0.0265. The quantitative estimate of drug-likeness (QED) is 0.817. The monoisotopic (exact) mass is 299 g/mol. The number of likely N-dealkylation sites (N-methyl/N-ethyl adjacent to an activating group) is 1. The minimum atomic E-state index is -3.54. The molecule has 1 aromatic rings. The summed E-state index contributed by atoms with van der Waals surface area (Å²) in [4.78, 5) is 6.19. The lowest BCUT2D eigenvalue weighted by molar-refractivity contribution is 0.281. The number of rotatable bonds is 6. The van der Waals surface area contributed by atoms with Gasteiger partial charge in [0.15, 0.2) is 5.03 Å². The third kappa shape index (κ3) is 3.54. The Morgan fingerprint density at radius 3 is 2.60 bits per heavy atom. The molecule has 1 N–H and O–H groups in total. The van der Waals surface area contributed by atoms with Crippen LogP contribution in [0.15, 0.2) is 23.4 Å². The van der Waals surface area contributed by atoms with Crippen LogP contribution in [-0.4, -0.2) is 60.9 Å². The van der Waals surface area contributed by atoms with E-state index in [-0.39, 0.29) is 11.6 Å². The number of aliphatic hydroxyl groups is 1. The summed E-state index contributed by atoms with van der Waals surface area (Å²) in [6.45, 7) is 3.18. The van der Waals surface area contributed by atoms with E-state index in [2.05, 4.69) is 9.88 Å². The summed E-state index contributed by atoms with van der Waals surface area (Å²) >= 11 is 0. The van der Waals surface area contributed by atoms with Gasteiger partial charge >= 0.3 is 0 Å². The van der Waals surface area contributed by atoms with Crippen LogP contribution < -0.4 is 0 Å². The number of likely N-dealkylation sites (tertiary alicyclic amines) is 1. The summed E-state index contributed by atoms with van der Waals surface area (Å²) in [6, 6.07) is 3.02. The summed E-state index contributed by atoms with van der Waals surface area (Å²) in [5.74, 6) is 0. The summed E-state index contributed by atoms with van der Waals surface area (Å²) in [7, 11) is -1.97. The molecule has 7 heteroatoms. The maximum atomic E-state index is 12.3. The van der Waals surface area contributed by atoms with Crippen LogP contribution in [0.1, 0.15) is 18.4 Å². The molecule has 0 spiro atoms. The molecule has 0 aromatic carbocycles. The van der Waals surface area contributed by atoms with Crippen molar-refractivity contribution in [1.82, 2.24) is 14.2 Å². The third-order valence-electron chi connectivity index (χ3n) is 3.58. The van der Waals surface area contributed by atoms with Gasteiger partial charge in [-0.1, -0.05) is 6.07 Å². The molecular formula is C13H21N3O3S. The van der Waals surface area contributed by atoms with E-state index in [1.165, 1.54) is 29.4 Å². The van der Waals surface area contributed by atoms with E-state index in [0.29, 0.717) is 12.1 Å². The van der Waals surface area contributed by atoms with Crippen molar-refractivity contribution in [2.75, 3.05) is 33.2 Å². The van der Waals surface area contributed by atoms with Crippen molar-refractivity contribution in [2.45, 2.75) is 24.5 Å². The van der Waals surface area contributed by atoms with E-state index >= 15 is 0 Å². The van der Waals surface area contributed by atoms with Gasteiger partial charge in [0.1, 0.15) is 0 Å². The molecule has 0 radical (unpaired) electrons. The number of nitrogens with zero attached hydrogens (tertiary/aromatic N) is 3. The molecule has 6 nitrogen and oxygen atoms in total. The molecule has 1 saturated heterocycles. The molecule has 0 saturated carbocycles. The molecule has 1 fully saturated rings. The normalized spacial score (nSPS) is 16.9. The van der Waals surface area contributed by atoms with Gasteiger partial charge in [0.25, 0.3) is 10.0 Å². The topological polar surface area (TPSA) is 73.7 Å². The number of sulfonamides is 1. The second kappa shape index (κ2) is 6.62. The Balaban J connectivity index is 2.00. The van der Waals surface area contributed by atoms with Crippen molar-refractivity contribution in [3.63, 3.8) is 0 Å². The van der Waals surface area contributed by atoms with Gasteiger partial charge in [0.2, 0.25) is 0 Å². The maximum absolute atomic E-state index is 12.3. The van der Waals surface area contributed by atoms with Crippen LogP contribution in [0.3, 0.4) is 0 Å². The highest BCUT2D eigenvalue weighted by molar-refractivity contribution is 7.89. The molecule has 1 aromatic heterocycles. The Kier molecular flexibility index (Phi) is 5.09. The highest BCUT2D eigenvalue weighted by atomic mass is 32.2. The number of hydrogen-bond donors (Lipinski definition) is 1. The molecule has 2 rings (SSSR count). The average Bonchev–Trinajstić information content (AvgIpc) is 2.98. The van der Waals surface area contributed by atoms with Crippen LogP contribution >= 0.6 is 0 Å². The van der Waals surface area contributed by atoms with Crippen molar-refractivity contribution < 1.29 is 13.5 Å². The Morgan fingerprint density at radius 1 is 1.35 bits per heavy atom. The van der Waals surface area contributed by atoms with E-state index in [9.17, 15) is 8.42 Å². The predicted molar refractivity (Wildman–Crippen MR) is 75.6 cm³/mol.